The number of benzene rings is 2. The molecule has 1 fully saturated rings. The van der Waals surface area contributed by atoms with Gasteiger partial charge in [0.1, 0.15) is 18.8 Å². The van der Waals surface area contributed by atoms with Crippen LogP contribution in [0.15, 0.2) is 60.7 Å². The van der Waals surface area contributed by atoms with Crippen molar-refractivity contribution in [2.45, 2.75) is 71.1 Å². The Labute approximate surface area is 232 Å². The first kappa shape index (κ1) is 30.7. The fraction of sp³-hybridized carbons (Fsp3) is 0.448. The molecule has 0 unspecified atom stereocenters. The van der Waals surface area contributed by atoms with Crippen molar-refractivity contribution in [1.82, 2.24) is 0 Å². The van der Waals surface area contributed by atoms with Crippen LogP contribution < -0.4 is 0 Å². The number of carbonyl (C=O) groups is 4. The van der Waals surface area contributed by atoms with Gasteiger partial charge in [0.2, 0.25) is 6.29 Å². The van der Waals surface area contributed by atoms with Crippen molar-refractivity contribution in [3.63, 3.8) is 0 Å². The zero-order valence-corrected chi connectivity index (χ0v) is 22.8. The fourth-order valence-corrected chi connectivity index (χ4v) is 4.18. The Balaban J connectivity index is 2.04. The number of esters is 4. The maximum absolute atomic E-state index is 13.0. The van der Waals surface area contributed by atoms with Crippen LogP contribution in [0.4, 0.5) is 0 Å². The Morgan fingerprint density at radius 1 is 0.775 bits per heavy atom. The van der Waals surface area contributed by atoms with E-state index >= 15 is 0 Å². The van der Waals surface area contributed by atoms with Crippen LogP contribution in [0.25, 0.3) is 0 Å². The molecule has 1 aliphatic heterocycles. The third-order valence-electron chi connectivity index (χ3n) is 5.81. The Kier molecular flexibility index (Phi) is 11.6. The van der Waals surface area contributed by atoms with Gasteiger partial charge in [0, 0.05) is 20.8 Å². The first-order chi connectivity index (χ1) is 19.2. The summed E-state index contributed by atoms with van der Waals surface area (Å²) in [4.78, 5) is 49.0. The highest BCUT2D eigenvalue weighted by molar-refractivity contribution is 5.76. The summed E-state index contributed by atoms with van der Waals surface area (Å²) in [5.41, 5.74) is 1.26. The minimum atomic E-state index is -1.46. The second-order valence-electron chi connectivity index (χ2n) is 8.93. The largest absolute Gasteiger partial charge is 0.464 e. The molecule has 6 atom stereocenters. The highest BCUT2D eigenvalue weighted by Crippen LogP contribution is 2.34. The van der Waals surface area contributed by atoms with Crippen molar-refractivity contribution in [3.8, 4) is 0 Å². The van der Waals surface area contributed by atoms with Crippen molar-refractivity contribution in [2.24, 2.45) is 0 Å². The predicted octanol–water partition coefficient (Wildman–Crippen LogP) is 3.04. The third-order valence-corrected chi connectivity index (χ3v) is 5.81. The number of rotatable bonds is 12. The molecule has 2 aromatic carbocycles. The van der Waals surface area contributed by atoms with Crippen molar-refractivity contribution >= 4 is 23.9 Å². The lowest BCUT2D eigenvalue weighted by Gasteiger charge is -2.45. The van der Waals surface area contributed by atoms with Gasteiger partial charge in [-0.1, -0.05) is 60.7 Å². The normalized spacial score (nSPS) is 22.9. The summed E-state index contributed by atoms with van der Waals surface area (Å²) in [6.45, 7) is 5.11. The predicted molar refractivity (Wildman–Crippen MR) is 138 cm³/mol. The van der Waals surface area contributed by atoms with Crippen molar-refractivity contribution < 1.29 is 52.3 Å². The van der Waals surface area contributed by atoms with Gasteiger partial charge in [-0.15, -0.1) is 0 Å². The van der Waals surface area contributed by atoms with Gasteiger partial charge >= 0.3 is 23.9 Å². The molecule has 1 heterocycles. The van der Waals surface area contributed by atoms with Gasteiger partial charge in [-0.25, -0.2) is 4.79 Å². The van der Waals surface area contributed by atoms with Crippen molar-refractivity contribution in [2.75, 3.05) is 13.2 Å². The molecule has 0 aromatic heterocycles. The zero-order valence-electron chi connectivity index (χ0n) is 22.8. The Morgan fingerprint density at radius 2 is 1.40 bits per heavy atom. The second kappa shape index (κ2) is 15.1. The molecule has 0 radical (unpaired) electrons. The van der Waals surface area contributed by atoms with Crippen LogP contribution in [0.3, 0.4) is 0 Å². The molecule has 0 N–H and O–H groups in total. The van der Waals surface area contributed by atoms with Crippen LogP contribution in [0, 0.1) is 0 Å². The van der Waals surface area contributed by atoms with E-state index in [2.05, 4.69) is 0 Å². The summed E-state index contributed by atoms with van der Waals surface area (Å²) >= 11 is 0. The van der Waals surface area contributed by atoms with Crippen LogP contribution >= 0.6 is 0 Å². The molecule has 1 aliphatic rings. The smallest absolute Gasteiger partial charge is 0.339 e. The first-order valence-corrected chi connectivity index (χ1v) is 12.8. The topological polar surface area (TPSA) is 133 Å². The average Bonchev–Trinajstić information content (AvgIpc) is 2.91. The maximum atomic E-state index is 13.0. The highest BCUT2D eigenvalue weighted by Gasteiger charge is 2.53. The Hall–Kier alpha value is -3.80. The standard InChI is InChI=1S/C29H34O11/c1-5-34-28(33)24(22-14-10-7-11-15-22)40-27-26(37-19(3)31)25(36-16-21-12-8-6-9-13-21)23(17-35-18(2)30)39-29(27)38-20(4)32/h6-15,23-27,29H,5,16-17H2,1-4H3/t23-,24+,25-,26+,27-,29+/m1/s1. The van der Waals surface area contributed by atoms with E-state index in [4.69, 9.17) is 33.2 Å². The van der Waals surface area contributed by atoms with Crippen LogP contribution in [0.5, 0.6) is 0 Å². The van der Waals surface area contributed by atoms with Gasteiger partial charge < -0.3 is 33.2 Å². The van der Waals surface area contributed by atoms with E-state index in [1.165, 1.54) is 20.8 Å². The van der Waals surface area contributed by atoms with Gasteiger partial charge in [-0.3, -0.25) is 14.4 Å². The summed E-state index contributed by atoms with van der Waals surface area (Å²) < 4.78 is 40.0. The van der Waals surface area contributed by atoms with Gasteiger partial charge in [0.15, 0.2) is 18.3 Å². The second-order valence-corrected chi connectivity index (χ2v) is 8.93. The summed E-state index contributed by atoms with van der Waals surface area (Å²) in [5, 5.41) is 0. The summed E-state index contributed by atoms with van der Waals surface area (Å²) in [7, 11) is 0. The van der Waals surface area contributed by atoms with E-state index in [0.29, 0.717) is 5.56 Å². The number of hydrogen-bond donors (Lipinski definition) is 0. The third kappa shape index (κ3) is 8.87. The Bertz CT molecular complexity index is 1120. The molecule has 0 amide bonds. The first-order valence-electron chi connectivity index (χ1n) is 12.8. The number of carbonyl (C=O) groups excluding carboxylic acids is 4. The number of hydrogen-bond acceptors (Lipinski definition) is 11. The van der Waals surface area contributed by atoms with Crippen LogP contribution in [0.1, 0.15) is 44.9 Å². The molecule has 40 heavy (non-hydrogen) atoms. The SMILES string of the molecule is CCOC(=O)[C@@H](O[C@H]1[C@@H](OC(C)=O)O[C@H](COC(C)=O)[C@@H](OCc2ccccc2)[C@@H]1OC(C)=O)c1ccccc1. The highest BCUT2D eigenvalue weighted by atomic mass is 16.7. The molecule has 0 saturated carbocycles. The fourth-order valence-electron chi connectivity index (χ4n) is 4.18. The minimum Gasteiger partial charge on any atom is -0.464 e. The van der Waals surface area contributed by atoms with Gasteiger partial charge in [-0.05, 0) is 18.1 Å². The molecule has 3 rings (SSSR count). The lowest BCUT2D eigenvalue weighted by molar-refractivity contribution is -0.316. The van der Waals surface area contributed by atoms with Crippen LogP contribution in [0.2, 0.25) is 0 Å². The van der Waals surface area contributed by atoms with Crippen LogP contribution in [-0.2, 0) is 58.9 Å². The van der Waals surface area contributed by atoms with E-state index in [1.807, 2.05) is 30.3 Å². The minimum absolute atomic E-state index is 0.0775. The van der Waals surface area contributed by atoms with E-state index in [0.717, 1.165) is 5.56 Å². The molecule has 0 aliphatic carbocycles. The van der Waals surface area contributed by atoms with E-state index in [1.54, 1.807) is 37.3 Å². The van der Waals surface area contributed by atoms with E-state index in [9.17, 15) is 19.2 Å². The summed E-state index contributed by atoms with van der Waals surface area (Å²) in [6, 6.07) is 17.7. The van der Waals surface area contributed by atoms with Gasteiger partial charge in [0.25, 0.3) is 0 Å². The number of ether oxygens (including phenoxy) is 7. The van der Waals surface area contributed by atoms with Crippen molar-refractivity contribution in [1.29, 1.82) is 0 Å². The molecule has 0 spiro atoms. The molecule has 1 saturated heterocycles. The van der Waals surface area contributed by atoms with Gasteiger partial charge in [0.05, 0.1) is 13.2 Å². The lowest BCUT2D eigenvalue weighted by Crippen LogP contribution is -2.62. The Morgan fingerprint density at radius 3 is 1.98 bits per heavy atom. The summed E-state index contributed by atoms with van der Waals surface area (Å²) in [5.74, 6) is -2.69. The maximum Gasteiger partial charge on any atom is 0.339 e. The van der Waals surface area contributed by atoms with E-state index in [-0.39, 0.29) is 19.8 Å². The lowest BCUT2D eigenvalue weighted by atomic mass is 9.97. The average molecular weight is 559 g/mol. The van der Waals surface area contributed by atoms with Crippen molar-refractivity contribution in [3.05, 3.63) is 71.8 Å². The van der Waals surface area contributed by atoms with E-state index < -0.39 is 60.7 Å². The monoisotopic (exact) mass is 558 g/mol. The molecule has 2 aromatic rings. The molecular weight excluding hydrogens is 524 g/mol. The van der Waals surface area contributed by atoms with Crippen LogP contribution in [-0.4, -0.2) is 67.8 Å². The summed E-state index contributed by atoms with van der Waals surface area (Å²) in [6.07, 6.45) is -7.42. The molecule has 216 valence electrons. The zero-order chi connectivity index (χ0) is 29.1. The molecule has 11 heteroatoms. The molecule has 0 bridgehead atoms. The quantitative estimate of drug-likeness (QED) is 0.281. The molecular formula is C29H34O11. The van der Waals surface area contributed by atoms with Gasteiger partial charge in [-0.2, -0.15) is 0 Å². The molecule has 11 nitrogen and oxygen atoms in total.